The molecule has 1 heterocycles. The fourth-order valence-corrected chi connectivity index (χ4v) is 2.30. The molecule has 0 aliphatic carbocycles. The Labute approximate surface area is 109 Å². The number of hydrogen-bond acceptors (Lipinski definition) is 3. The van der Waals surface area contributed by atoms with Gasteiger partial charge in [0.15, 0.2) is 5.78 Å². The van der Waals surface area contributed by atoms with Crippen molar-refractivity contribution >= 4 is 21.7 Å². The van der Waals surface area contributed by atoms with E-state index < -0.39 is 0 Å². The zero-order valence-corrected chi connectivity index (χ0v) is 11.3. The third-order valence-corrected chi connectivity index (χ3v) is 3.30. The number of ketones is 1. The maximum Gasteiger partial charge on any atom is 0.172 e. The largest absolute Gasteiger partial charge is 0.493 e. The molecule has 0 saturated carbocycles. The Morgan fingerprint density at radius 1 is 1.59 bits per heavy atom. The second kappa shape index (κ2) is 5.65. The Morgan fingerprint density at radius 2 is 2.41 bits per heavy atom. The van der Waals surface area contributed by atoms with Crippen LogP contribution in [0, 0.1) is 5.92 Å². The van der Waals surface area contributed by atoms with Crippen LogP contribution in [0.3, 0.4) is 0 Å². The first-order valence-corrected chi connectivity index (χ1v) is 6.56. The third-order valence-electron chi connectivity index (χ3n) is 2.81. The first-order valence-electron chi connectivity index (χ1n) is 5.76. The van der Waals surface area contributed by atoms with Gasteiger partial charge in [-0.1, -0.05) is 15.9 Å². The van der Waals surface area contributed by atoms with Gasteiger partial charge in [-0.15, -0.1) is 0 Å². The summed E-state index contributed by atoms with van der Waals surface area (Å²) in [5.74, 6) is 0.753. The highest BCUT2D eigenvalue weighted by Gasteiger charge is 2.26. The highest BCUT2D eigenvalue weighted by atomic mass is 79.9. The molecule has 92 valence electrons. The van der Waals surface area contributed by atoms with Crippen LogP contribution in [0.15, 0.2) is 22.7 Å². The summed E-state index contributed by atoms with van der Waals surface area (Å²) in [6.45, 7) is 3.67. The number of carbonyl (C=O) groups excluding carboxylic acids is 1. The van der Waals surface area contributed by atoms with Crippen LogP contribution < -0.4 is 4.74 Å². The van der Waals surface area contributed by atoms with E-state index in [9.17, 15) is 4.79 Å². The Kier molecular flexibility index (Phi) is 4.18. The monoisotopic (exact) mass is 298 g/mol. The van der Waals surface area contributed by atoms with Crippen LogP contribution in [0.1, 0.15) is 23.7 Å². The van der Waals surface area contributed by atoms with Gasteiger partial charge in [0.05, 0.1) is 18.8 Å². The molecule has 3 nitrogen and oxygen atoms in total. The molecule has 1 aromatic carbocycles. The van der Waals surface area contributed by atoms with Gasteiger partial charge >= 0.3 is 0 Å². The first kappa shape index (κ1) is 12.6. The van der Waals surface area contributed by atoms with E-state index in [1.54, 1.807) is 0 Å². The number of hydrogen-bond donors (Lipinski definition) is 0. The van der Waals surface area contributed by atoms with Crippen LogP contribution in [0.2, 0.25) is 0 Å². The molecule has 0 amide bonds. The summed E-state index contributed by atoms with van der Waals surface area (Å²) in [6, 6.07) is 5.54. The van der Waals surface area contributed by atoms with E-state index in [0.717, 1.165) is 10.9 Å². The van der Waals surface area contributed by atoms with E-state index in [0.29, 0.717) is 31.1 Å². The predicted octanol–water partition coefficient (Wildman–Crippen LogP) is 3.07. The van der Waals surface area contributed by atoms with Gasteiger partial charge in [-0.05, 0) is 31.5 Å². The number of carbonyl (C=O) groups is 1. The molecule has 0 radical (unpaired) electrons. The van der Waals surface area contributed by atoms with E-state index >= 15 is 0 Å². The highest BCUT2D eigenvalue weighted by molar-refractivity contribution is 9.10. The molecule has 0 N–H and O–H groups in total. The molecule has 17 heavy (non-hydrogen) atoms. The van der Waals surface area contributed by atoms with Crippen LogP contribution >= 0.6 is 15.9 Å². The van der Waals surface area contributed by atoms with Gasteiger partial charge in [-0.25, -0.2) is 0 Å². The minimum Gasteiger partial charge on any atom is -0.493 e. The van der Waals surface area contributed by atoms with Gasteiger partial charge < -0.3 is 9.47 Å². The molecular weight excluding hydrogens is 284 g/mol. The summed E-state index contributed by atoms with van der Waals surface area (Å²) in [5.41, 5.74) is 0.650. The van der Waals surface area contributed by atoms with Crippen molar-refractivity contribution in [2.24, 2.45) is 5.92 Å². The SMILES string of the molecule is CCOc1ccc(Br)cc1C(=O)C1CCOC1. The van der Waals surface area contributed by atoms with Crippen LogP contribution in [-0.2, 0) is 4.74 Å². The lowest BCUT2D eigenvalue weighted by molar-refractivity contribution is 0.0896. The minimum atomic E-state index is -0.0245. The van der Waals surface area contributed by atoms with E-state index in [-0.39, 0.29) is 11.7 Å². The Hall–Kier alpha value is -0.870. The number of ether oxygens (including phenoxy) is 2. The molecule has 4 heteroatoms. The van der Waals surface area contributed by atoms with Gasteiger partial charge in [-0.3, -0.25) is 4.79 Å². The van der Waals surface area contributed by atoms with E-state index in [2.05, 4.69) is 15.9 Å². The highest BCUT2D eigenvalue weighted by Crippen LogP contribution is 2.28. The van der Waals surface area contributed by atoms with Crippen LogP contribution in [0.4, 0.5) is 0 Å². The van der Waals surface area contributed by atoms with Gasteiger partial charge in [-0.2, -0.15) is 0 Å². The second-order valence-corrected chi connectivity index (χ2v) is 4.91. The third kappa shape index (κ3) is 2.87. The molecule has 0 bridgehead atoms. The van der Waals surface area contributed by atoms with Gasteiger partial charge in [0.2, 0.25) is 0 Å². The zero-order chi connectivity index (χ0) is 12.3. The standard InChI is InChI=1S/C13H15BrO3/c1-2-17-12-4-3-10(14)7-11(12)13(15)9-5-6-16-8-9/h3-4,7,9H,2,5-6,8H2,1H3. The zero-order valence-electron chi connectivity index (χ0n) is 9.74. The van der Waals surface area contributed by atoms with Crippen LogP contribution in [0.25, 0.3) is 0 Å². The molecule has 1 aromatic rings. The van der Waals surface area contributed by atoms with E-state index in [4.69, 9.17) is 9.47 Å². The van der Waals surface area contributed by atoms with Crippen LogP contribution in [0.5, 0.6) is 5.75 Å². The summed E-state index contributed by atoms with van der Waals surface area (Å²) in [6.07, 6.45) is 0.802. The molecule has 1 saturated heterocycles. The summed E-state index contributed by atoms with van der Waals surface area (Å²) in [7, 11) is 0. The summed E-state index contributed by atoms with van der Waals surface area (Å²) in [5, 5.41) is 0. The number of benzene rings is 1. The topological polar surface area (TPSA) is 35.5 Å². The van der Waals surface area contributed by atoms with Crippen molar-refractivity contribution in [2.45, 2.75) is 13.3 Å². The average molecular weight is 299 g/mol. The quantitative estimate of drug-likeness (QED) is 0.802. The smallest absolute Gasteiger partial charge is 0.172 e. The van der Waals surface area contributed by atoms with E-state index in [1.807, 2.05) is 25.1 Å². The summed E-state index contributed by atoms with van der Waals surface area (Å²) < 4.78 is 11.6. The number of rotatable bonds is 4. The van der Waals surface area contributed by atoms with Crippen LogP contribution in [-0.4, -0.2) is 25.6 Å². The fraction of sp³-hybridized carbons (Fsp3) is 0.462. The van der Waals surface area contributed by atoms with Crippen molar-refractivity contribution in [1.29, 1.82) is 0 Å². The van der Waals surface area contributed by atoms with Crippen molar-refractivity contribution < 1.29 is 14.3 Å². The summed E-state index contributed by atoms with van der Waals surface area (Å²) in [4.78, 5) is 12.3. The Bertz CT molecular complexity index is 411. The minimum absolute atomic E-state index is 0.0245. The lowest BCUT2D eigenvalue weighted by atomic mass is 9.96. The molecule has 1 aliphatic rings. The van der Waals surface area contributed by atoms with Crippen molar-refractivity contribution in [3.63, 3.8) is 0 Å². The average Bonchev–Trinajstić information content (AvgIpc) is 2.84. The molecule has 1 fully saturated rings. The number of halogens is 1. The van der Waals surface area contributed by atoms with Gasteiger partial charge in [0.1, 0.15) is 5.75 Å². The molecule has 1 unspecified atom stereocenters. The normalized spacial score (nSPS) is 19.3. The number of Topliss-reactive ketones (excluding diaryl/α,β-unsaturated/α-hetero) is 1. The molecule has 1 aliphatic heterocycles. The lowest BCUT2D eigenvalue weighted by Crippen LogP contribution is -2.16. The van der Waals surface area contributed by atoms with Gasteiger partial charge in [0, 0.05) is 17.0 Å². The fourth-order valence-electron chi connectivity index (χ4n) is 1.94. The van der Waals surface area contributed by atoms with Gasteiger partial charge in [0.25, 0.3) is 0 Å². The Balaban J connectivity index is 2.28. The molecule has 2 rings (SSSR count). The van der Waals surface area contributed by atoms with E-state index in [1.165, 1.54) is 0 Å². The lowest BCUT2D eigenvalue weighted by Gasteiger charge is -2.12. The maximum absolute atomic E-state index is 12.3. The van der Waals surface area contributed by atoms with Crippen molar-refractivity contribution in [3.05, 3.63) is 28.2 Å². The predicted molar refractivity (Wildman–Crippen MR) is 68.6 cm³/mol. The second-order valence-electron chi connectivity index (χ2n) is 4.00. The molecular formula is C13H15BrO3. The molecule has 0 spiro atoms. The summed E-state index contributed by atoms with van der Waals surface area (Å²) >= 11 is 3.39. The molecule has 0 aromatic heterocycles. The Morgan fingerprint density at radius 3 is 3.06 bits per heavy atom. The van der Waals surface area contributed by atoms with Crippen molar-refractivity contribution in [1.82, 2.24) is 0 Å². The first-order chi connectivity index (χ1) is 8.22. The molecule has 1 atom stereocenters. The maximum atomic E-state index is 12.3. The van der Waals surface area contributed by atoms with Crippen molar-refractivity contribution in [3.8, 4) is 5.75 Å². The van der Waals surface area contributed by atoms with Crippen molar-refractivity contribution in [2.75, 3.05) is 19.8 Å².